The minimum absolute atomic E-state index is 0.0409. The number of amides is 1. The fourth-order valence-corrected chi connectivity index (χ4v) is 1.75. The third-order valence-corrected chi connectivity index (χ3v) is 2.90. The Kier molecular flexibility index (Phi) is 4.90. The van der Waals surface area contributed by atoms with Crippen molar-refractivity contribution in [3.8, 4) is 5.75 Å². The van der Waals surface area contributed by atoms with Crippen LogP contribution in [0.25, 0.3) is 0 Å². The number of carbonyl (C=O) groups is 1. The van der Waals surface area contributed by atoms with Crippen molar-refractivity contribution in [2.45, 2.75) is 13.0 Å². The fraction of sp³-hybridized carbons (Fsp3) is 0.188. The Labute approximate surface area is 122 Å². The summed E-state index contributed by atoms with van der Waals surface area (Å²) < 4.78 is 18.1. The van der Waals surface area contributed by atoms with Gasteiger partial charge in [-0.2, -0.15) is 0 Å². The molecule has 0 aliphatic carbocycles. The Morgan fingerprint density at radius 2 is 1.81 bits per heavy atom. The molecule has 0 saturated carbocycles. The molecule has 0 aliphatic heterocycles. The van der Waals surface area contributed by atoms with E-state index in [9.17, 15) is 9.18 Å². The van der Waals surface area contributed by atoms with Crippen LogP contribution in [0.2, 0.25) is 0 Å². The largest absolute Gasteiger partial charge is 0.484 e. The van der Waals surface area contributed by atoms with Gasteiger partial charge < -0.3 is 15.8 Å². The van der Waals surface area contributed by atoms with Gasteiger partial charge in [-0.05, 0) is 48.9 Å². The van der Waals surface area contributed by atoms with Crippen molar-refractivity contribution < 1.29 is 13.9 Å². The Hall–Kier alpha value is -2.40. The zero-order valence-electron chi connectivity index (χ0n) is 11.7. The van der Waals surface area contributed by atoms with Crippen LogP contribution in [0, 0.1) is 5.82 Å². The van der Waals surface area contributed by atoms with E-state index in [0.29, 0.717) is 11.4 Å². The van der Waals surface area contributed by atoms with E-state index < -0.39 is 0 Å². The van der Waals surface area contributed by atoms with E-state index >= 15 is 0 Å². The summed E-state index contributed by atoms with van der Waals surface area (Å²) >= 11 is 0. The molecule has 2 aromatic carbocycles. The zero-order chi connectivity index (χ0) is 15.2. The lowest BCUT2D eigenvalue weighted by molar-refractivity contribution is -0.118. The van der Waals surface area contributed by atoms with Gasteiger partial charge in [-0.1, -0.05) is 12.1 Å². The minimum Gasteiger partial charge on any atom is -0.484 e. The molecule has 3 N–H and O–H groups in total. The van der Waals surface area contributed by atoms with Crippen LogP contribution >= 0.6 is 0 Å². The predicted molar refractivity (Wildman–Crippen MR) is 79.6 cm³/mol. The summed E-state index contributed by atoms with van der Waals surface area (Å²) in [5.41, 5.74) is 7.27. The summed E-state index contributed by atoms with van der Waals surface area (Å²) in [6.07, 6.45) is 0. The number of hydrogen-bond donors (Lipinski definition) is 2. The molecular weight excluding hydrogens is 271 g/mol. The number of carbonyl (C=O) groups excluding carboxylic acids is 1. The summed E-state index contributed by atoms with van der Waals surface area (Å²) in [6, 6.07) is 12.8. The molecule has 0 fully saturated rings. The van der Waals surface area contributed by atoms with Crippen LogP contribution in [0.1, 0.15) is 18.5 Å². The highest BCUT2D eigenvalue weighted by molar-refractivity contribution is 5.91. The van der Waals surface area contributed by atoms with E-state index in [0.717, 1.165) is 5.56 Å². The Morgan fingerprint density at radius 3 is 2.38 bits per heavy atom. The molecular formula is C16H17FN2O2. The minimum atomic E-state index is -0.349. The molecule has 4 nitrogen and oxygen atoms in total. The molecule has 110 valence electrons. The second kappa shape index (κ2) is 6.85. The van der Waals surface area contributed by atoms with Gasteiger partial charge in [0.15, 0.2) is 6.61 Å². The Bertz CT molecular complexity index is 595. The first kappa shape index (κ1) is 15.0. The molecule has 0 spiro atoms. The maximum atomic E-state index is 12.7. The van der Waals surface area contributed by atoms with Crippen molar-refractivity contribution in [2.75, 3.05) is 11.9 Å². The molecule has 0 radical (unpaired) electrons. The van der Waals surface area contributed by atoms with Crippen LogP contribution in [0.4, 0.5) is 10.1 Å². The quantitative estimate of drug-likeness (QED) is 0.889. The molecule has 21 heavy (non-hydrogen) atoms. The third kappa shape index (κ3) is 4.57. The van der Waals surface area contributed by atoms with Crippen LogP contribution < -0.4 is 15.8 Å². The maximum Gasteiger partial charge on any atom is 0.262 e. The van der Waals surface area contributed by atoms with Crippen LogP contribution in [0.5, 0.6) is 5.75 Å². The standard InChI is InChI=1S/C16H17FN2O2/c1-11(18)12-2-8-15(9-3-12)21-10-16(20)19-14-6-4-13(17)5-7-14/h2-9,11H,10,18H2,1H3,(H,19,20)/t11-/m1/s1. The van der Waals surface area contributed by atoms with E-state index in [-0.39, 0.29) is 24.4 Å². The number of hydrogen-bond acceptors (Lipinski definition) is 3. The second-order valence-corrected chi connectivity index (χ2v) is 4.70. The lowest BCUT2D eigenvalue weighted by Gasteiger charge is -2.09. The SMILES string of the molecule is C[C@@H](N)c1ccc(OCC(=O)Nc2ccc(F)cc2)cc1. The van der Waals surface area contributed by atoms with Gasteiger partial charge >= 0.3 is 0 Å². The number of nitrogens with one attached hydrogen (secondary N) is 1. The van der Waals surface area contributed by atoms with E-state index in [1.54, 1.807) is 12.1 Å². The number of anilines is 1. The fourth-order valence-electron chi connectivity index (χ4n) is 1.75. The van der Waals surface area contributed by atoms with Crippen LogP contribution in [0.3, 0.4) is 0 Å². The van der Waals surface area contributed by atoms with Crippen molar-refractivity contribution in [1.82, 2.24) is 0 Å². The smallest absolute Gasteiger partial charge is 0.262 e. The molecule has 1 amide bonds. The third-order valence-electron chi connectivity index (χ3n) is 2.90. The average Bonchev–Trinajstić information content (AvgIpc) is 2.48. The van der Waals surface area contributed by atoms with Gasteiger partial charge in [-0.15, -0.1) is 0 Å². The van der Waals surface area contributed by atoms with Crippen molar-refractivity contribution in [1.29, 1.82) is 0 Å². The molecule has 0 saturated heterocycles. The number of benzene rings is 2. The van der Waals surface area contributed by atoms with E-state index in [1.807, 2.05) is 19.1 Å². The summed E-state index contributed by atoms with van der Waals surface area (Å²) in [7, 11) is 0. The topological polar surface area (TPSA) is 64.3 Å². The lowest BCUT2D eigenvalue weighted by Crippen LogP contribution is -2.20. The van der Waals surface area contributed by atoms with Gasteiger partial charge in [0.25, 0.3) is 5.91 Å². The Morgan fingerprint density at radius 1 is 1.19 bits per heavy atom. The normalized spacial score (nSPS) is 11.8. The molecule has 0 unspecified atom stereocenters. The molecule has 0 heterocycles. The van der Waals surface area contributed by atoms with Gasteiger partial charge in [0.05, 0.1) is 0 Å². The number of nitrogens with two attached hydrogens (primary N) is 1. The second-order valence-electron chi connectivity index (χ2n) is 4.70. The van der Waals surface area contributed by atoms with Gasteiger partial charge in [-0.25, -0.2) is 4.39 Å². The van der Waals surface area contributed by atoms with E-state index in [2.05, 4.69) is 5.32 Å². The van der Waals surface area contributed by atoms with Crippen LogP contribution in [-0.4, -0.2) is 12.5 Å². The molecule has 2 rings (SSSR count). The van der Waals surface area contributed by atoms with Crippen molar-refractivity contribution in [3.05, 3.63) is 59.9 Å². The van der Waals surface area contributed by atoms with E-state index in [4.69, 9.17) is 10.5 Å². The number of halogens is 1. The molecule has 5 heteroatoms. The monoisotopic (exact) mass is 288 g/mol. The molecule has 0 aromatic heterocycles. The van der Waals surface area contributed by atoms with Crippen molar-refractivity contribution in [2.24, 2.45) is 5.73 Å². The summed E-state index contributed by atoms with van der Waals surface area (Å²) in [5, 5.41) is 2.62. The predicted octanol–water partition coefficient (Wildman–Crippen LogP) is 2.86. The lowest BCUT2D eigenvalue weighted by atomic mass is 10.1. The molecule has 2 aromatic rings. The summed E-state index contributed by atoms with van der Waals surface area (Å²) in [4.78, 5) is 11.7. The summed E-state index contributed by atoms with van der Waals surface area (Å²) in [6.45, 7) is 1.78. The molecule has 0 bridgehead atoms. The first-order valence-electron chi connectivity index (χ1n) is 6.58. The molecule has 1 atom stereocenters. The summed E-state index contributed by atoms with van der Waals surface area (Å²) in [5.74, 6) is -0.0648. The highest BCUT2D eigenvalue weighted by Gasteiger charge is 2.05. The average molecular weight is 288 g/mol. The highest BCUT2D eigenvalue weighted by atomic mass is 19.1. The first-order valence-corrected chi connectivity index (χ1v) is 6.58. The Balaban J connectivity index is 1.84. The van der Waals surface area contributed by atoms with Crippen molar-refractivity contribution in [3.63, 3.8) is 0 Å². The zero-order valence-corrected chi connectivity index (χ0v) is 11.7. The number of rotatable bonds is 5. The van der Waals surface area contributed by atoms with Gasteiger partial charge in [0.1, 0.15) is 11.6 Å². The number of ether oxygens (including phenoxy) is 1. The van der Waals surface area contributed by atoms with Crippen LogP contribution in [0.15, 0.2) is 48.5 Å². The van der Waals surface area contributed by atoms with Gasteiger partial charge in [0, 0.05) is 11.7 Å². The highest BCUT2D eigenvalue weighted by Crippen LogP contribution is 2.16. The van der Waals surface area contributed by atoms with Crippen LogP contribution in [-0.2, 0) is 4.79 Å². The van der Waals surface area contributed by atoms with Crippen molar-refractivity contribution >= 4 is 11.6 Å². The maximum absolute atomic E-state index is 12.7. The van der Waals surface area contributed by atoms with Gasteiger partial charge in [0.2, 0.25) is 0 Å². The molecule has 0 aliphatic rings. The first-order chi connectivity index (χ1) is 10.0. The van der Waals surface area contributed by atoms with E-state index in [1.165, 1.54) is 24.3 Å². The van der Waals surface area contributed by atoms with Gasteiger partial charge in [-0.3, -0.25) is 4.79 Å².